The van der Waals surface area contributed by atoms with Gasteiger partial charge in [-0.2, -0.15) is 0 Å². The van der Waals surface area contributed by atoms with Crippen molar-refractivity contribution in [3.05, 3.63) is 54.6 Å². The van der Waals surface area contributed by atoms with E-state index in [1.807, 2.05) is 59.7 Å². The van der Waals surface area contributed by atoms with Crippen molar-refractivity contribution in [1.29, 1.82) is 0 Å². The van der Waals surface area contributed by atoms with Crippen LogP contribution in [0.3, 0.4) is 0 Å². The number of hydrogen-bond donors (Lipinski definition) is 1. The minimum absolute atomic E-state index is 0.0717. The van der Waals surface area contributed by atoms with E-state index >= 15 is 0 Å². The molecule has 0 saturated carbocycles. The third-order valence-corrected chi connectivity index (χ3v) is 10.1. The number of rotatable bonds is 11. The largest absolute Gasteiger partial charge is 0.394 e. The molecule has 1 spiro atoms. The van der Waals surface area contributed by atoms with Crippen LogP contribution in [-0.2, 0) is 19.1 Å². The van der Waals surface area contributed by atoms with Gasteiger partial charge in [-0.05, 0) is 56.2 Å². The van der Waals surface area contributed by atoms with E-state index in [0.29, 0.717) is 19.4 Å². The van der Waals surface area contributed by atoms with Crippen LogP contribution in [0, 0.1) is 37.5 Å². The van der Waals surface area contributed by atoms with Gasteiger partial charge in [0.2, 0.25) is 11.8 Å². The van der Waals surface area contributed by atoms with Gasteiger partial charge in [0.05, 0.1) is 30.1 Å². The Morgan fingerprint density at radius 2 is 1.88 bits per heavy atom. The lowest BCUT2D eigenvalue weighted by molar-refractivity contribution is -0.154. The predicted octanol–water partition coefficient (Wildman–Crippen LogP) is 3.88. The molecule has 224 valence electrons. The van der Waals surface area contributed by atoms with Crippen molar-refractivity contribution >= 4 is 23.4 Å². The second-order valence-corrected chi connectivity index (χ2v) is 12.6. The predicted molar refractivity (Wildman–Crippen MR) is 160 cm³/mol. The van der Waals surface area contributed by atoms with Crippen LogP contribution in [0.25, 0.3) is 0 Å². The summed E-state index contributed by atoms with van der Waals surface area (Å²) in [6.45, 7) is 19.9. The van der Waals surface area contributed by atoms with Crippen molar-refractivity contribution in [3.63, 3.8) is 0 Å². The number of anilines is 1. The molecule has 3 heterocycles. The lowest BCUT2D eigenvalue weighted by atomic mass is 9.62. The molecule has 0 aliphatic carbocycles. The first-order valence-corrected chi connectivity index (χ1v) is 14.8. The van der Waals surface area contributed by atoms with Crippen molar-refractivity contribution in [2.75, 3.05) is 31.6 Å². The van der Waals surface area contributed by atoms with Gasteiger partial charge in [-0.3, -0.25) is 14.4 Å². The zero-order valence-electron chi connectivity index (χ0n) is 25.7. The number of fused-ring (bicyclic) bond motifs is 1. The standard InChI is InChI=1S/C33H47N3O5/c1-10-15-34(9)29(38)26-27-30(39)36(25(19-37)21(5)12-3)28(33(27)18-23(7)32(26,8)41-33)31(40)35(16-11-2)24-17-20(4)13-14-22(24)6/h10-11,13-14,17,21,23,25-28,37H,1-2,12,15-16,18-19H2,3-9H3/t21-,23?,25-,26-,27-,28?,32+,33?/m0/s1. The van der Waals surface area contributed by atoms with Gasteiger partial charge in [0.1, 0.15) is 11.6 Å². The minimum atomic E-state index is -1.20. The van der Waals surface area contributed by atoms with Crippen LogP contribution in [0.15, 0.2) is 43.5 Å². The zero-order chi connectivity index (χ0) is 30.4. The summed E-state index contributed by atoms with van der Waals surface area (Å²) in [6.07, 6.45) is 4.52. The molecule has 3 aliphatic heterocycles. The Labute approximate surface area is 245 Å². The molecule has 3 saturated heterocycles. The van der Waals surface area contributed by atoms with Crippen molar-refractivity contribution in [3.8, 4) is 0 Å². The molecule has 1 aromatic carbocycles. The molecule has 0 radical (unpaired) electrons. The number of likely N-dealkylation sites (N-methyl/N-ethyl adjacent to an activating group) is 1. The van der Waals surface area contributed by atoms with E-state index in [1.54, 1.807) is 33.9 Å². The highest BCUT2D eigenvalue weighted by Gasteiger charge is 2.80. The van der Waals surface area contributed by atoms with Gasteiger partial charge in [0.25, 0.3) is 5.91 Å². The van der Waals surface area contributed by atoms with E-state index in [0.717, 1.165) is 16.8 Å². The fourth-order valence-corrected chi connectivity index (χ4v) is 7.62. The van der Waals surface area contributed by atoms with Gasteiger partial charge in [-0.25, -0.2) is 0 Å². The molecule has 3 fully saturated rings. The second kappa shape index (κ2) is 11.4. The molecular weight excluding hydrogens is 518 g/mol. The highest BCUT2D eigenvalue weighted by atomic mass is 16.5. The summed E-state index contributed by atoms with van der Waals surface area (Å²) < 4.78 is 6.92. The number of benzene rings is 1. The van der Waals surface area contributed by atoms with E-state index in [4.69, 9.17) is 4.74 Å². The van der Waals surface area contributed by atoms with Crippen LogP contribution in [-0.4, -0.2) is 82.7 Å². The Morgan fingerprint density at radius 1 is 1.22 bits per heavy atom. The van der Waals surface area contributed by atoms with Gasteiger partial charge in [-0.1, -0.05) is 51.5 Å². The number of amides is 3. The Balaban J connectivity index is 1.93. The maximum atomic E-state index is 14.9. The topological polar surface area (TPSA) is 90.4 Å². The van der Waals surface area contributed by atoms with Crippen molar-refractivity contribution in [1.82, 2.24) is 9.80 Å². The van der Waals surface area contributed by atoms with Crippen molar-refractivity contribution in [2.24, 2.45) is 23.7 Å². The summed E-state index contributed by atoms with van der Waals surface area (Å²) in [5, 5.41) is 10.6. The molecular formula is C33H47N3O5. The Bertz CT molecular complexity index is 1230. The molecule has 8 atom stereocenters. The number of carbonyl (C=O) groups is 3. The summed E-state index contributed by atoms with van der Waals surface area (Å²) in [7, 11) is 1.71. The molecule has 3 amide bonds. The van der Waals surface area contributed by atoms with Gasteiger partial charge in [0.15, 0.2) is 0 Å². The maximum absolute atomic E-state index is 14.9. The summed E-state index contributed by atoms with van der Waals surface area (Å²) >= 11 is 0. The smallest absolute Gasteiger partial charge is 0.253 e. The molecule has 3 aliphatic rings. The van der Waals surface area contributed by atoms with Crippen LogP contribution in [0.2, 0.25) is 0 Å². The molecule has 1 aromatic rings. The van der Waals surface area contributed by atoms with Gasteiger partial charge >= 0.3 is 0 Å². The lowest BCUT2D eigenvalue weighted by Crippen LogP contribution is -2.60. The Hall–Kier alpha value is -2.97. The van der Waals surface area contributed by atoms with Crippen molar-refractivity contribution in [2.45, 2.75) is 77.7 Å². The summed E-state index contributed by atoms with van der Waals surface area (Å²) in [4.78, 5) is 48.4. The first-order valence-electron chi connectivity index (χ1n) is 14.8. The molecule has 8 nitrogen and oxygen atoms in total. The number of hydrogen-bond acceptors (Lipinski definition) is 5. The third kappa shape index (κ3) is 4.63. The third-order valence-electron chi connectivity index (χ3n) is 10.1. The number of aliphatic hydroxyl groups is 1. The lowest BCUT2D eigenvalue weighted by Gasteiger charge is -2.41. The highest BCUT2D eigenvalue weighted by Crippen LogP contribution is 2.66. The summed E-state index contributed by atoms with van der Waals surface area (Å²) in [6, 6.07) is 4.35. The Morgan fingerprint density at radius 3 is 2.46 bits per heavy atom. The molecule has 3 unspecified atom stereocenters. The first kappa shape index (κ1) is 31.0. The SMILES string of the molecule is C=CCN(C)C(=O)[C@@H]1[C@H]2C(=O)N([C@@H](CO)[C@@H](C)CC)C(C(=O)N(CC=C)c3cc(C)ccc3C)C23CC(C)[C@@]1(C)O3. The monoisotopic (exact) mass is 565 g/mol. The molecule has 1 N–H and O–H groups in total. The number of likely N-dealkylation sites (tertiary alicyclic amines) is 1. The van der Waals surface area contributed by atoms with E-state index in [2.05, 4.69) is 13.2 Å². The van der Waals surface area contributed by atoms with Crippen LogP contribution < -0.4 is 4.90 Å². The summed E-state index contributed by atoms with van der Waals surface area (Å²) in [5.74, 6) is -2.49. The molecule has 2 bridgehead atoms. The maximum Gasteiger partial charge on any atom is 0.253 e. The second-order valence-electron chi connectivity index (χ2n) is 12.6. The number of ether oxygens (including phenoxy) is 1. The number of nitrogens with zero attached hydrogens (tertiary/aromatic N) is 3. The average Bonchev–Trinajstić information content (AvgIpc) is 3.45. The highest BCUT2D eigenvalue weighted by molar-refractivity contribution is 6.05. The van der Waals surface area contributed by atoms with Gasteiger partial charge < -0.3 is 24.5 Å². The Kier molecular flexibility index (Phi) is 8.59. The van der Waals surface area contributed by atoms with Crippen LogP contribution >= 0.6 is 0 Å². The molecule has 4 rings (SSSR count). The fraction of sp³-hybridized carbons (Fsp3) is 0.606. The number of aryl methyl sites for hydroxylation is 2. The van der Waals surface area contributed by atoms with Crippen LogP contribution in [0.4, 0.5) is 5.69 Å². The zero-order valence-corrected chi connectivity index (χ0v) is 25.7. The van der Waals surface area contributed by atoms with E-state index in [1.165, 1.54) is 0 Å². The molecule has 41 heavy (non-hydrogen) atoms. The quantitative estimate of drug-likeness (QED) is 0.412. The van der Waals surface area contributed by atoms with Crippen LogP contribution in [0.5, 0.6) is 0 Å². The molecule has 8 heteroatoms. The minimum Gasteiger partial charge on any atom is -0.394 e. The van der Waals surface area contributed by atoms with Gasteiger partial charge in [0, 0.05) is 25.8 Å². The molecule has 0 aromatic heterocycles. The average molecular weight is 566 g/mol. The number of carbonyl (C=O) groups excluding carboxylic acids is 3. The van der Waals surface area contributed by atoms with Crippen LogP contribution in [0.1, 0.15) is 51.7 Å². The summed E-state index contributed by atoms with van der Waals surface area (Å²) in [5.41, 5.74) is 0.565. The fourth-order valence-electron chi connectivity index (χ4n) is 7.62. The first-order chi connectivity index (χ1) is 19.3. The normalized spacial score (nSPS) is 31.5. The van der Waals surface area contributed by atoms with E-state index in [-0.39, 0.29) is 42.7 Å². The van der Waals surface area contributed by atoms with E-state index < -0.39 is 35.1 Å². The van der Waals surface area contributed by atoms with Crippen molar-refractivity contribution < 1.29 is 24.2 Å². The van der Waals surface area contributed by atoms with E-state index in [9.17, 15) is 19.5 Å². The number of aliphatic hydroxyl groups excluding tert-OH is 1. The van der Waals surface area contributed by atoms with Gasteiger partial charge in [-0.15, -0.1) is 13.2 Å².